The van der Waals surface area contributed by atoms with E-state index in [4.69, 9.17) is 9.97 Å². The first-order valence-corrected chi connectivity index (χ1v) is 20.1. The fourth-order valence-corrected chi connectivity index (χ4v) is 9.76. The molecule has 0 amide bonds. The SMILES string of the molecule is c1ccc(-n2c3ccccc3c3c(-c4nc(-n5c6ccccc6c6cc7c(-n8c9ccccc9c9ccccc98)cccc7cc65)nc5ccccc45)cccc32)cc1. The predicted octanol–water partition coefficient (Wildman–Crippen LogP) is 13.7. The van der Waals surface area contributed by atoms with Gasteiger partial charge in [0.2, 0.25) is 5.95 Å². The molecule has 4 aromatic heterocycles. The molecule has 0 spiro atoms. The van der Waals surface area contributed by atoms with Crippen LogP contribution in [0.4, 0.5) is 0 Å². The van der Waals surface area contributed by atoms with Gasteiger partial charge in [0.05, 0.1) is 50.0 Å². The van der Waals surface area contributed by atoms with Gasteiger partial charge in [-0.05, 0) is 72.1 Å². The molecule has 0 saturated heterocycles. The summed E-state index contributed by atoms with van der Waals surface area (Å²) in [5.74, 6) is 0.645. The number of para-hydroxylation sites is 6. The highest BCUT2D eigenvalue weighted by atomic mass is 15.2. The zero-order valence-electron chi connectivity index (χ0n) is 31.8. The van der Waals surface area contributed by atoms with Crippen LogP contribution in [-0.4, -0.2) is 23.7 Å². The molecule has 0 saturated carbocycles. The normalized spacial score (nSPS) is 12.1. The number of rotatable bonds is 4. The molecular formula is C54H33N5. The van der Waals surface area contributed by atoms with E-state index >= 15 is 0 Å². The van der Waals surface area contributed by atoms with Crippen molar-refractivity contribution in [3.05, 3.63) is 200 Å². The van der Waals surface area contributed by atoms with Crippen LogP contribution >= 0.6 is 0 Å². The van der Waals surface area contributed by atoms with Gasteiger partial charge < -0.3 is 9.13 Å². The molecule has 0 N–H and O–H groups in total. The van der Waals surface area contributed by atoms with Gasteiger partial charge in [0.1, 0.15) is 0 Å². The van der Waals surface area contributed by atoms with Crippen molar-refractivity contribution in [1.29, 1.82) is 0 Å². The second kappa shape index (κ2) is 12.2. The van der Waals surface area contributed by atoms with Gasteiger partial charge in [-0.2, -0.15) is 0 Å². The van der Waals surface area contributed by atoms with Crippen molar-refractivity contribution in [3.8, 4) is 28.6 Å². The monoisotopic (exact) mass is 751 g/mol. The fraction of sp³-hybridized carbons (Fsp3) is 0. The molecule has 274 valence electrons. The largest absolute Gasteiger partial charge is 0.309 e. The van der Waals surface area contributed by atoms with Crippen LogP contribution in [-0.2, 0) is 0 Å². The molecule has 13 aromatic rings. The molecule has 0 aliphatic heterocycles. The molecule has 0 fully saturated rings. The lowest BCUT2D eigenvalue weighted by molar-refractivity contribution is 1.01. The number of nitrogens with zero attached hydrogens (tertiary/aromatic N) is 5. The summed E-state index contributed by atoms with van der Waals surface area (Å²) in [5.41, 5.74) is 12.0. The van der Waals surface area contributed by atoms with E-state index < -0.39 is 0 Å². The van der Waals surface area contributed by atoms with Crippen LogP contribution in [0.25, 0.3) is 116 Å². The molecule has 0 aliphatic carbocycles. The molecule has 4 heterocycles. The highest BCUT2D eigenvalue weighted by Gasteiger charge is 2.22. The number of hydrogen-bond acceptors (Lipinski definition) is 2. The van der Waals surface area contributed by atoms with Gasteiger partial charge in [-0.3, -0.25) is 4.57 Å². The van der Waals surface area contributed by atoms with Crippen LogP contribution in [0.3, 0.4) is 0 Å². The molecular weight excluding hydrogens is 719 g/mol. The van der Waals surface area contributed by atoms with E-state index in [0.717, 1.165) is 71.8 Å². The Bertz CT molecular complexity index is 3800. The third-order valence-corrected chi connectivity index (χ3v) is 12.2. The number of fused-ring (bicyclic) bond motifs is 11. The van der Waals surface area contributed by atoms with Crippen molar-refractivity contribution in [2.45, 2.75) is 0 Å². The quantitative estimate of drug-likeness (QED) is 0.180. The molecule has 13 rings (SSSR count). The second-order valence-corrected chi connectivity index (χ2v) is 15.4. The minimum absolute atomic E-state index is 0.645. The summed E-state index contributed by atoms with van der Waals surface area (Å²) in [6, 6.07) is 71.8. The lowest BCUT2D eigenvalue weighted by Gasteiger charge is -2.14. The standard InChI is InChI=1S/C54H33N5/c1-2-17-35(18-3-1)57-48-29-13-8-23-40(48)52-41(24-15-31-50(52)57)53-39-22-4-9-25-44(39)55-54(56-53)59-47-28-12-7-21-38(47)43-33-42-34(32-51(43)59)16-14-30-49(42)58-45-26-10-5-19-36(45)37-20-6-11-27-46(37)58/h1-33H. The van der Waals surface area contributed by atoms with Crippen molar-refractivity contribution >= 4 is 87.1 Å². The third-order valence-electron chi connectivity index (χ3n) is 12.2. The lowest BCUT2D eigenvalue weighted by atomic mass is 10.0. The average Bonchev–Trinajstić information content (AvgIpc) is 3.94. The third kappa shape index (κ3) is 4.55. The van der Waals surface area contributed by atoms with E-state index in [-0.39, 0.29) is 0 Å². The molecule has 59 heavy (non-hydrogen) atoms. The van der Waals surface area contributed by atoms with E-state index in [1.54, 1.807) is 0 Å². The van der Waals surface area contributed by atoms with E-state index in [1.165, 1.54) is 38.0 Å². The molecule has 5 nitrogen and oxygen atoms in total. The zero-order chi connectivity index (χ0) is 38.6. The summed E-state index contributed by atoms with van der Waals surface area (Å²) in [6.07, 6.45) is 0. The molecule has 0 radical (unpaired) electrons. The van der Waals surface area contributed by atoms with Crippen LogP contribution < -0.4 is 0 Å². The summed E-state index contributed by atoms with van der Waals surface area (Å²) in [7, 11) is 0. The first kappa shape index (κ1) is 32.1. The zero-order valence-corrected chi connectivity index (χ0v) is 31.8. The molecule has 0 atom stereocenters. The van der Waals surface area contributed by atoms with Crippen molar-refractivity contribution in [1.82, 2.24) is 23.7 Å². The van der Waals surface area contributed by atoms with Crippen LogP contribution in [0.5, 0.6) is 0 Å². The Kier molecular flexibility index (Phi) is 6.66. The smallest absolute Gasteiger partial charge is 0.235 e. The van der Waals surface area contributed by atoms with E-state index in [0.29, 0.717) is 5.95 Å². The van der Waals surface area contributed by atoms with Crippen LogP contribution in [0, 0.1) is 0 Å². The van der Waals surface area contributed by atoms with Crippen molar-refractivity contribution in [3.63, 3.8) is 0 Å². The fourth-order valence-electron chi connectivity index (χ4n) is 9.76. The maximum atomic E-state index is 5.60. The summed E-state index contributed by atoms with van der Waals surface area (Å²) in [4.78, 5) is 10.9. The van der Waals surface area contributed by atoms with E-state index in [2.05, 4.69) is 214 Å². The average molecular weight is 752 g/mol. The number of benzene rings is 9. The highest BCUT2D eigenvalue weighted by Crippen LogP contribution is 2.42. The van der Waals surface area contributed by atoms with Crippen molar-refractivity contribution < 1.29 is 0 Å². The summed E-state index contributed by atoms with van der Waals surface area (Å²) in [6.45, 7) is 0. The Hall–Kier alpha value is -8.02. The van der Waals surface area contributed by atoms with Crippen molar-refractivity contribution in [2.24, 2.45) is 0 Å². The van der Waals surface area contributed by atoms with Crippen LogP contribution in [0.1, 0.15) is 0 Å². The van der Waals surface area contributed by atoms with Gasteiger partial charge in [-0.25, -0.2) is 9.97 Å². The first-order chi connectivity index (χ1) is 29.3. The molecule has 9 aromatic carbocycles. The van der Waals surface area contributed by atoms with Gasteiger partial charge in [-0.1, -0.05) is 133 Å². The second-order valence-electron chi connectivity index (χ2n) is 15.4. The summed E-state index contributed by atoms with van der Waals surface area (Å²) in [5, 5.41) is 10.5. The van der Waals surface area contributed by atoms with E-state index in [1.807, 2.05) is 0 Å². The van der Waals surface area contributed by atoms with Gasteiger partial charge in [0.15, 0.2) is 0 Å². The van der Waals surface area contributed by atoms with Crippen LogP contribution in [0.2, 0.25) is 0 Å². The minimum atomic E-state index is 0.645. The Balaban J connectivity index is 1.10. The Morgan fingerprint density at radius 2 is 0.881 bits per heavy atom. The van der Waals surface area contributed by atoms with Gasteiger partial charge in [-0.15, -0.1) is 0 Å². The maximum Gasteiger partial charge on any atom is 0.235 e. The molecule has 0 bridgehead atoms. The number of hydrogen-bond donors (Lipinski definition) is 0. The topological polar surface area (TPSA) is 40.6 Å². The summed E-state index contributed by atoms with van der Waals surface area (Å²) < 4.78 is 7.05. The first-order valence-electron chi connectivity index (χ1n) is 20.1. The van der Waals surface area contributed by atoms with Gasteiger partial charge >= 0.3 is 0 Å². The molecule has 0 aliphatic rings. The van der Waals surface area contributed by atoms with Gasteiger partial charge in [0, 0.05) is 54.3 Å². The van der Waals surface area contributed by atoms with E-state index in [9.17, 15) is 0 Å². The molecule has 0 unspecified atom stereocenters. The summed E-state index contributed by atoms with van der Waals surface area (Å²) >= 11 is 0. The van der Waals surface area contributed by atoms with Crippen LogP contribution in [0.15, 0.2) is 200 Å². The minimum Gasteiger partial charge on any atom is -0.309 e. The Morgan fingerprint density at radius 3 is 1.61 bits per heavy atom. The van der Waals surface area contributed by atoms with Gasteiger partial charge in [0.25, 0.3) is 0 Å². The predicted molar refractivity (Wildman–Crippen MR) is 245 cm³/mol. The van der Waals surface area contributed by atoms with Crippen molar-refractivity contribution in [2.75, 3.05) is 0 Å². The maximum absolute atomic E-state index is 5.60. The number of aromatic nitrogens is 5. The Morgan fingerprint density at radius 1 is 0.322 bits per heavy atom. The Labute approximate surface area is 338 Å². The lowest BCUT2D eigenvalue weighted by Crippen LogP contribution is -2.03. The highest BCUT2D eigenvalue weighted by molar-refractivity contribution is 6.18. The molecule has 5 heteroatoms.